The molecule has 1 aliphatic rings. The first-order valence-electron chi connectivity index (χ1n) is 8.47. The van der Waals surface area contributed by atoms with Gasteiger partial charge in [-0.05, 0) is 42.5 Å². The van der Waals surface area contributed by atoms with Gasteiger partial charge in [-0.25, -0.2) is 9.18 Å². The number of benzene rings is 2. The summed E-state index contributed by atoms with van der Waals surface area (Å²) in [5, 5.41) is 0. The van der Waals surface area contributed by atoms with E-state index in [1.165, 1.54) is 12.1 Å². The third kappa shape index (κ3) is 4.13. The Kier molecular flexibility index (Phi) is 5.47. The van der Waals surface area contributed by atoms with Crippen molar-refractivity contribution in [2.75, 3.05) is 13.2 Å². The second-order valence-corrected chi connectivity index (χ2v) is 6.13. The van der Waals surface area contributed by atoms with Crippen LogP contribution >= 0.6 is 0 Å². The number of amides is 1. The number of ether oxygens (including phenoxy) is 1. The standard InChI is InChI=1S/C20H22FNO2/c21-18-12-10-16(11-13-18)7-3-2-6-14-22-19(15-24-20(22)23)17-8-4-1-5-9-17/h1,4-5,8-13,19H,2-3,6-7,14-15H2/t19-/m1/s1. The van der Waals surface area contributed by atoms with Crippen LogP contribution in [0, 0.1) is 5.82 Å². The van der Waals surface area contributed by atoms with Crippen molar-refractivity contribution < 1.29 is 13.9 Å². The fraction of sp³-hybridized carbons (Fsp3) is 0.350. The average Bonchev–Trinajstić information content (AvgIpc) is 2.98. The zero-order chi connectivity index (χ0) is 16.8. The highest BCUT2D eigenvalue weighted by Crippen LogP contribution is 2.27. The van der Waals surface area contributed by atoms with Crippen LogP contribution in [-0.4, -0.2) is 24.1 Å². The molecule has 3 rings (SSSR count). The molecule has 0 aromatic heterocycles. The lowest BCUT2D eigenvalue weighted by Crippen LogP contribution is -2.28. The highest BCUT2D eigenvalue weighted by atomic mass is 19.1. The molecule has 0 radical (unpaired) electrons. The van der Waals surface area contributed by atoms with E-state index in [1.807, 2.05) is 47.4 Å². The molecule has 1 atom stereocenters. The monoisotopic (exact) mass is 327 g/mol. The summed E-state index contributed by atoms with van der Waals surface area (Å²) < 4.78 is 18.1. The van der Waals surface area contributed by atoms with Crippen molar-refractivity contribution in [3.8, 4) is 0 Å². The number of cyclic esters (lactones) is 1. The minimum Gasteiger partial charge on any atom is -0.447 e. The highest BCUT2D eigenvalue weighted by molar-refractivity contribution is 5.70. The fourth-order valence-electron chi connectivity index (χ4n) is 3.09. The molecule has 1 aliphatic heterocycles. The number of carbonyl (C=O) groups excluding carboxylic acids is 1. The molecule has 1 heterocycles. The van der Waals surface area contributed by atoms with Gasteiger partial charge < -0.3 is 4.74 Å². The van der Waals surface area contributed by atoms with Gasteiger partial charge in [0.1, 0.15) is 12.4 Å². The molecule has 0 N–H and O–H groups in total. The number of halogens is 1. The summed E-state index contributed by atoms with van der Waals surface area (Å²) >= 11 is 0. The van der Waals surface area contributed by atoms with E-state index in [0.29, 0.717) is 13.2 Å². The summed E-state index contributed by atoms with van der Waals surface area (Å²) in [4.78, 5) is 13.8. The average molecular weight is 327 g/mol. The van der Waals surface area contributed by atoms with Crippen LogP contribution < -0.4 is 0 Å². The smallest absolute Gasteiger partial charge is 0.410 e. The zero-order valence-electron chi connectivity index (χ0n) is 13.7. The first-order chi connectivity index (χ1) is 11.7. The van der Waals surface area contributed by atoms with Gasteiger partial charge in [-0.3, -0.25) is 4.90 Å². The van der Waals surface area contributed by atoms with Crippen LogP contribution in [0.3, 0.4) is 0 Å². The number of hydrogen-bond donors (Lipinski definition) is 0. The Morgan fingerprint density at radius 3 is 2.50 bits per heavy atom. The second kappa shape index (κ2) is 7.95. The first-order valence-corrected chi connectivity index (χ1v) is 8.47. The number of carbonyl (C=O) groups is 1. The van der Waals surface area contributed by atoms with E-state index in [4.69, 9.17) is 4.74 Å². The maximum Gasteiger partial charge on any atom is 0.410 e. The fourth-order valence-corrected chi connectivity index (χ4v) is 3.09. The summed E-state index contributed by atoms with van der Waals surface area (Å²) in [5.41, 5.74) is 2.27. The Balaban J connectivity index is 1.45. The van der Waals surface area contributed by atoms with Crippen LogP contribution in [-0.2, 0) is 11.2 Å². The molecule has 3 nitrogen and oxygen atoms in total. The third-order valence-corrected chi connectivity index (χ3v) is 4.44. The minimum atomic E-state index is -0.220. The van der Waals surface area contributed by atoms with E-state index in [-0.39, 0.29) is 18.0 Å². The largest absolute Gasteiger partial charge is 0.447 e. The Labute approximate surface area is 142 Å². The molecule has 126 valence electrons. The van der Waals surface area contributed by atoms with Gasteiger partial charge in [-0.2, -0.15) is 0 Å². The molecule has 1 amide bonds. The van der Waals surface area contributed by atoms with E-state index < -0.39 is 0 Å². The minimum absolute atomic E-state index is 0.0239. The van der Waals surface area contributed by atoms with Gasteiger partial charge in [-0.1, -0.05) is 48.9 Å². The maximum atomic E-state index is 12.9. The van der Waals surface area contributed by atoms with Crippen molar-refractivity contribution in [2.45, 2.75) is 31.7 Å². The number of rotatable bonds is 7. The quantitative estimate of drug-likeness (QED) is 0.688. The van der Waals surface area contributed by atoms with Crippen LogP contribution in [0.5, 0.6) is 0 Å². The Morgan fingerprint density at radius 1 is 1.00 bits per heavy atom. The van der Waals surface area contributed by atoms with E-state index in [2.05, 4.69) is 0 Å². The number of unbranched alkanes of at least 4 members (excludes halogenated alkanes) is 2. The molecule has 1 saturated heterocycles. The maximum absolute atomic E-state index is 12.9. The number of aryl methyl sites for hydroxylation is 1. The first kappa shape index (κ1) is 16.5. The van der Waals surface area contributed by atoms with Crippen LogP contribution in [0.1, 0.15) is 36.4 Å². The molecule has 0 aliphatic carbocycles. The molecule has 2 aromatic carbocycles. The van der Waals surface area contributed by atoms with Gasteiger partial charge >= 0.3 is 6.09 Å². The zero-order valence-corrected chi connectivity index (χ0v) is 13.7. The van der Waals surface area contributed by atoms with Crippen LogP contribution in [0.25, 0.3) is 0 Å². The number of hydrogen-bond acceptors (Lipinski definition) is 2. The predicted octanol–water partition coefficient (Wildman–Crippen LogP) is 4.73. The molecule has 0 spiro atoms. The van der Waals surface area contributed by atoms with Gasteiger partial charge in [0.05, 0.1) is 6.04 Å². The SMILES string of the molecule is O=C1OC[C@H](c2ccccc2)N1CCCCCc1ccc(F)cc1. The van der Waals surface area contributed by atoms with Gasteiger partial charge in [0.25, 0.3) is 0 Å². The lowest BCUT2D eigenvalue weighted by Gasteiger charge is -2.21. The topological polar surface area (TPSA) is 29.5 Å². The lowest BCUT2D eigenvalue weighted by atomic mass is 10.1. The third-order valence-electron chi connectivity index (χ3n) is 4.44. The molecular formula is C20H22FNO2. The lowest BCUT2D eigenvalue weighted by molar-refractivity contribution is 0.157. The molecule has 0 bridgehead atoms. The molecular weight excluding hydrogens is 305 g/mol. The molecule has 0 saturated carbocycles. The van der Waals surface area contributed by atoms with E-state index in [0.717, 1.165) is 36.8 Å². The van der Waals surface area contributed by atoms with E-state index in [1.54, 1.807) is 0 Å². The summed E-state index contributed by atoms with van der Waals surface area (Å²) in [5.74, 6) is -0.196. The van der Waals surface area contributed by atoms with Crippen molar-refractivity contribution in [3.63, 3.8) is 0 Å². The van der Waals surface area contributed by atoms with Gasteiger partial charge in [-0.15, -0.1) is 0 Å². The summed E-state index contributed by atoms with van der Waals surface area (Å²) in [6, 6.07) is 16.7. The van der Waals surface area contributed by atoms with E-state index in [9.17, 15) is 9.18 Å². The van der Waals surface area contributed by atoms with Crippen molar-refractivity contribution in [1.82, 2.24) is 4.90 Å². The van der Waals surface area contributed by atoms with Gasteiger partial charge in [0.15, 0.2) is 0 Å². The molecule has 2 aromatic rings. The van der Waals surface area contributed by atoms with Crippen molar-refractivity contribution in [2.24, 2.45) is 0 Å². The molecule has 24 heavy (non-hydrogen) atoms. The number of nitrogens with zero attached hydrogens (tertiary/aromatic N) is 1. The second-order valence-electron chi connectivity index (χ2n) is 6.13. The Morgan fingerprint density at radius 2 is 1.75 bits per heavy atom. The van der Waals surface area contributed by atoms with Crippen molar-refractivity contribution in [3.05, 3.63) is 71.5 Å². The van der Waals surface area contributed by atoms with Crippen molar-refractivity contribution >= 4 is 6.09 Å². The van der Waals surface area contributed by atoms with Gasteiger partial charge in [0, 0.05) is 6.54 Å². The summed E-state index contributed by atoms with van der Waals surface area (Å²) in [6.07, 6.45) is 3.72. The van der Waals surface area contributed by atoms with Gasteiger partial charge in [0.2, 0.25) is 0 Å². The summed E-state index contributed by atoms with van der Waals surface area (Å²) in [6.45, 7) is 1.14. The molecule has 0 unspecified atom stereocenters. The molecule has 4 heteroatoms. The summed E-state index contributed by atoms with van der Waals surface area (Å²) in [7, 11) is 0. The Hall–Kier alpha value is -2.36. The van der Waals surface area contributed by atoms with Crippen LogP contribution in [0.2, 0.25) is 0 Å². The predicted molar refractivity (Wildman–Crippen MR) is 91.2 cm³/mol. The molecule has 1 fully saturated rings. The van der Waals surface area contributed by atoms with E-state index >= 15 is 0 Å². The van der Waals surface area contributed by atoms with Crippen molar-refractivity contribution in [1.29, 1.82) is 0 Å². The Bertz CT molecular complexity index is 657. The van der Waals surface area contributed by atoms with Crippen LogP contribution in [0.4, 0.5) is 9.18 Å². The van der Waals surface area contributed by atoms with Crippen LogP contribution in [0.15, 0.2) is 54.6 Å². The normalized spacial score (nSPS) is 17.1. The highest BCUT2D eigenvalue weighted by Gasteiger charge is 2.33.